The maximum absolute atomic E-state index is 9.02. The van der Waals surface area contributed by atoms with Crippen LogP contribution in [0.5, 0.6) is 0 Å². The van der Waals surface area contributed by atoms with Crippen molar-refractivity contribution in [2.45, 2.75) is 20.1 Å². The van der Waals surface area contributed by atoms with E-state index < -0.39 is 0 Å². The first-order chi connectivity index (χ1) is 12.1. The lowest BCUT2D eigenvalue weighted by Gasteiger charge is -2.35. The molecule has 7 nitrogen and oxygen atoms in total. The lowest BCUT2D eigenvalue weighted by molar-refractivity contribution is 0.193. The van der Waals surface area contributed by atoms with Crippen molar-refractivity contribution < 1.29 is 0 Å². The normalized spacial score (nSPS) is 15.1. The van der Waals surface area contributed by atoms with Crippen LogP contribution in [0.2, 0.25) is 0 Å². The molecule has 0 amide bonds. The second-order valence-electron chi connectivity index (χ2n) is 5.99. The number of aryl methyl sites for hydroxylation is 1. The molecule has 130 valence electrons. The summed E-state index contributed by atoms with van der Waals surface area (Å²) < 4.78 is 4.58. The first-order valence-electron chi connectivity index (χ1n) is 8.21. The molecule has 0 unspecified atom stereocenters. The summed E-state index contributed by atoms with van der Waals surface area (Å²) >= 11 is 5.51. The Kier molecular flexibility index (Phi) is 5.26. The third-order valence-electron chi connectivity index (χ3n) is 4.32. The van der Waals surface area contributed by atoms with Gasteiger partial charge in [-0.05, 0) is 31.3 Å². The standard InChI is InChI=1S/C17H21N7S/c1-3-6-23-14(2)20-24(17(23)25)13-21-7-9-22(10-8-21)16-11-15(12-18)4-5-19-16/h3-5,11H,1,6-10,13H2,2H3. The van der Waals surface area contributed by atoms with Crippen LogP contribution >= 0.6 is 12.2 Å². The summed E-state index contributed by atoms with van der Waals surface area (Å²) in [5.74, 6) is 1.77. The number of aromatic nitrogens is 4. The fraction of sp³-hybridized carbons (Fsp3) is 0.412. The van der Waals surface area contributed by atoms with Crippen LogP contribution in [0.25, 0.3) is 0 Å². The highest BCUT2D eigenvalue weighted by Crippen LogP contribution is 2.15. The zero-order chi connectivity index (χ0) is 17.8. The predicted octanol–water partition coefficient (Wildman–Crippen LogP) is 1.95. The minimum Gasteiger partial charge on any atom is -0.354 e. The van der Waals surface area contributed by atoms with Gasteiger partial charge in [-0.2, -0.15) is 10.4 Å². The average molecular weight is 355 g/mol. The molecular formula is C17H21N7S. The monoisotopic (exact) mass is 355 g/mol. The molecule has 1 fully saturated rings. The number of nitriles is 1. The maximum atomic E-state index is 9.02. The van der Waals surface area contributed by atoms with Gasteiger partial charge in [0, 0.05) is 38.9 Å². The number of nitrogens with zero attached hydrogens (tertiary/aromatic N) is 7. The molecule has 0 spiro atoms. The third kappa shape index (κ3) is 3.78. The molecular weight excluding hydrogens is 334 g/mol. The molecule has 3 rings (SSSR count). The largest absolute Gasteiger partial charge is 0.354 e. The molecule has 2 aromatic rings. The summed E-state index contributed by atoms with van der Waals surface area (Å²) in [5.41, 5.74) is 0.641. The molecule has 8 heteroatoms. The molecule has 25 heavy (non-hydrogen) atoms. The molecule has 1 aliphatic rings. The van der Waals surface area contributed by atoms with Crippen molar-refractivity contribution in [3.8, 4) is 6.07 Å². The van der Waals surface area contributed by atoms with Gasteiger partial charge in [-0.15, -0.1) is 6.58 Å². The van der Waals surface area contributed by atoms with Gasteiger partial charge in [0.1, 0.15) is 11.6 Å². The molecule has 0 radical (unpaired) electrons. The maximum Gasteiger partial charge on any atom is 0.199 e. The third-order valence-corrected chi connectivity index (χ3v) is 4.76. The number of hydrogen-bond donors (Lipinski definition) is 0. The molecule has 0 saturated carbocycles. The Morgan fingerprint density at radius 2 is 2.12 bits per heavy atom. The minimum atomic E-state index is 0.641. The van der Waals surface area contributed by atoms with Crippen molar-refractivity contribution in [1.82, 2.24) is 24.2 Å². The fourth-order valence-corrected chi connectivity index (χ4v) is 3.25. The quantitative estimate of drug-likeness (QED) is 0.603. The molecule has 0 N–H and O–H groups in total. The van der Waals surface area contributed by atoms with Crippen LogP contribution in [-0.2, 0) is 13.2 Å². The van der Waals surface area contributed by atoms with Crippen LogP contribution in [0.3, 0.4) is 0 Å². The van der Waals surface area contributed by atoms with E-state index in [2.05, 4.69) is 32.5 Å². The number of anilines is 1. The SMILES string of the molecule is C=CCn1c(C)nn(CN2CCN(c3cc(C#N)ccn3)CC2)c1=S. The van der Waals surface area contributed by atoms with Crippen LogP contribution in [0.1, 0.15) is 11.4 Å². The van der Waals surface area contributed by atoms with Gasteiger partial charge in [-0.3, -0.25) is 4.90 Å². The van der Waals surface area contributed by atoms with Gasteiger partial charge in [-0.25, -0.2) is 9.67 Å². The Morgan fingerprint density at radius 3 is 2.80 bits per heavy atom. The fourth-order valence-electron chi connectivity index (χ4n) is 2.95. The van der Waals surface area contributed by atoms with E-state index in [9.17, 15) is 0 Å². The highest BCUT2D eigenvalue weighted by molar-refractivity contribution is 7.71. The molecule has 3 heterocycles. The highest BCUT2D eigenvalue weighted by atomic mass is 32.1. The average Bonchev–Trinajstić information content (AvgIpc) is 2.90. The van der Waals surface area contributed by atoms with Crippen LogP contribution < -0.4 is 4.90 Å². The topological polar surface area (TPSA) is 65.9 Å². The Hall–Kier alpha value is -2.50. The Bertz CT molecular complexity index is 853. The number of pyridine rings is 1. The molecule has 0 atom stereocenters. The van der Waals surface area contributed by atoms with Gasteiger partial charge in [-0.1, -0.05) is 6.08 Å². The van der Waals surface area contributed by atoms with E-state index in [0.29, 0.717) is 18.8 Å². The smallest absolute Gasteiger partial charge is 0.199 e. The van der Waals surface area contributed by atoms with Gasteiger partial charge < -0.3 is 9.47 Å². The Labute approximate surface area is 152 Å². The molecule has 0 aromatic carbocycles. The predicted molar refractivity (Wildman–Crippen MR) is 98.7 cm³/mol. The molecule has 0 bridgehead atoms. The van der Waals surface area contributed by atoms with Crippen molar-refractivity contribution in [3.05, 3.63) is 47.1 Å². The lowest BCUT2D eigenvalue weighted by Crippen LogP contribution is -2.47. The number of rotatable bonds is 5. The van der Waals surface area contributed by atoms with E-state index in [4.69, 9.17) is 17.5 Å². The summed E-state index contributed by atoms with van der Waals surface area (Å²) in [5, 5.41) is 13.6. The number of allylic oxidation sites excluding steroid dienone is 1. The van der Waals surface area contributed by atoms with Crippen LogP contribution in [-0.4, -0.2) is 50.4 Å². The molecule has 0 aliphatic carbocycles. The summed E-state index contributed by atoms with van der Waals surface area (Å²) in [6, 6.07) is 5.73. The van der Waals surface area contributed by atoms with Crippen molar-refractivity contribution in [1.29, 1.82) is 5.26 Å². The van der Waals surface area contributed by atoms with Gasteiger partial charge in [0.25, 0.3) is 0 Å². The summed E-state index contributed by atoms with van der Waals surface area (Å²) in [6.07, 6.45) is 3.52. The summed E-state index contributed by atoms with van der Waals surface area (Å²) in [4.78, 5) is 8.91. The minimum absolute atomic E-state index is 0.641. The molecule has 2 aromatic heterocycles. The zero-order valence-corrected chi connectivity index (χ0v) is 15.1. The van der Waals surface area contributed by atoms with E-state index in [1.54, 1.807) is 12.3 Å². The van der Waals surface area contributed by atoms with Crippen molar-refractivity contribution in [3.63, 3.8) is 0 Å². The Balaban J connectivity index is 1.63. The van der Waals surface area contributed by atoms with E-state index in [1.165, 1.54) is 0 Å². The van der Waals surface area contributed by atoms with E-state index in [0.717, 1.165) is 42.6 Å². The van der Waals surface area contributed by atoms with Crippen molar-refractivity contribution >= 4 is 18.0 Å². The molecule has 1 aliphatic heterocycles. The first kappa shape index (κ1) is 17.3. The highest BCUT2D eigenvalue weighted by Gasteiger charge is 2.19. The van der Waals surface area contributed by atoms with Gasteiger partial charge in [0.15, 0.2) is 4.77 Å². The number of piperazine rings is 1. The van der Waals surface area contributed by atoms with Crippen molar-refractivity contribution in [2.24, 2.45) is 0 Å². The van der Waals surface area contributed by atoms with Crippen LogP contribution in [0, 0.1) is 23.0 Å². The van der Waals surface area contributed by atoms with E-state index in [-0.39, 0.29) is 0 Å². The lowest BCUT2D eigenvalue weighted by atomic mass is 10.2. The zero-order valence-electron chi connectivity index (χ0n) is 14.3. The Morgan fingerprint density at radius 1 is 1.36 bits per heavy atom. The second kappa shape index (κ2) is 7.59. The summed E-state index contributed by atoms with van der Waals surface area (Å²) in [7, 11) is 0. The van der Waals surface area contributed by atoms with Gasteiger partial charge in [0.2, 0.25) is 0 Å². The number of hydrogen-bond acceptors (Lipinski definition) is 6. The van der Waals surface area contributed by atoms with E-state index >= 15 is 0 Å². The second-order valence-corrected chi connectivity index (χ2v) is 6.35. The molecule has 1 saturated heterocycles. The van der Waals surface area contributed by atoms with Gasteiger partial charge in [0.05, 0.1) is 18.3 Å². The van der Waals surface area contributed by atoms with Gasteiger partial charge >= 0.3 is 0 Å². The van der Waals surface area contributed by atoms with E-state index in [1.807, 2.05) is 28.3 Å². The van der Waals surface area contributed by atoms with Crippen LogP contribution in [0.4, 0.5) is 5.82 Å². The summed E-state index contributed by atoms with van der Waals surface area (Å²) in [6.45, 7) is 10.6. The first-order valence-corrected chi connectivity index (χ1v) is 8.62. The van der Waals surface area contributed by atoms with Crippen LogP contribution in [0.15, 0.2) is 31.0 Å². The van der Waals surface area contributed by atoms with Crippen molar-refractivity contribution in [2.75, 3.05) is 31.1 Å².